The first kappa shape index (κ1) is 12.6. The molecule has 4 heteroatoms. The SMILES string of the molecule is CCN(C)CC(C)NCc1cc(C2CC2)on1. The fourth-order valence-corrected chi connectivity index (χ4v) is 1.91. The van der Waals surface area contributed by atoms with Crippen molar-refractivity contribution >= 4 is 0 Å². The highest BCUT2D eigenvalue weighted by Crippen LogP contribution is 2.40. The second-order valence-corrected chi connectivity index (χ2v) is 5.13. The van der Waals surface area contributed by atoms with Crippen LogP contribution in [0.15, 0.2) is 10.6 Å². The zero-order valence-electron chi connectivity index (χ0n) is 11.1. The van der Waals surface area contributed by atoms with Crippen LogP contribution in [0.1, 0.15) is 44.1 Å². The maximum absolute atomic E-state index is 5.32. The highest BCUT2D eigenvalue weighted by molar-refractivity contribution is 5.14. The molecule has 96 valence electrons. The van der Waals surface area contributed by atoms with Crippen LogP contribution < -0.4 is 5.32 Å². The van der Waals surface area contributed by atoms with E-state index >= 15 is 0 Å². The average molecular weight is 237 g/mol. The Kier molecular flexibility index (Phi) is 4.18. The minimum absolute atomic E-state index is 0.473. The zero-order chi connectivity index (χ0) is 12.3. The third-order valence-corrected chi connectivity index (χ3v) is 3.31. The first-order chi connectivity index (χ1) is 8.19. The molecule has 0 bridgehead atoms. The average Bonchev–Trinajstić information content (AvgIpc) is 3.06. The number of nitrogens with one attached hydrogen (secondary N) is 1. The van der Waals surface area contributed by atoms with Crippen molar-refractivity contribution in [3.8, 4) is 0 Å². The Balaban J connectivity index is 1.72. The molecule has 0 aromatic carbocycles. The first-order valence-electron chi connectivity index (χ1n) is 6.56. The van der Waals surface area contributed by atoms with Crippen LogP contribution in [0.3, 0.4) is 0 Å². The first-order valence-corrected chi connectivity index (χ1v) is 6.56. The molecule has 1 fully saturated rings. The van der Waals surface area contributed by atoms with Crippen molar-refractivity contribution < 1.29 is 4.52 Å². The summed E-state index contributed by atoms with van der Waals surface area (Å²) in [4.78, 5) is 2.30. The van der Waals surface area contributed by atoms with Crippen molar-refractivity contribution in [1.29, 1.82) is 0 Å². The maximum atomic E-state index is 5.32. The summed E-state index contributed by atoms with van der Waals surface area (Å²) < 4.78 is 5.32. The molecule has 4 nitrogen and oxygen atoms in total. The molecule has 1 aromatic heterocycles. The molecule has 1 aliphatic carbocycles. The van der Waals surface area contributed by atoms with Gasteiger partial charge in [0, 0.05) is 31.1 Å². The van der Waals surface area contributed by atoms with Gasteiger partial charge in [0.2, 0.25) is 0 Å². The predicted octanol–water partition coefficient (Wildman–Crippen LogP) is 1.98. The summed E-state index contributed by atoms with van der Waals surface area (Å²) in [6.45, 7) is 7.32. The number of rotatable bonds is 7. The van der Waals surface area contributed by atoms with Crippen LogP contribution in [-0.4, -0.2) is 36.2 Å². The molecule has 0 radical (unpaired) electrons. The van der Waals surface area contributed by atoms with Crippen molar-refractivity contribution in [2.75, 3.05) is 20.1 Å². The van der Waals surface area contributed by atoms with E-state index in [0.717, 1.165) is 31.1 Å². The van der Waals surface area contributed by atoms with E-state index in [1.807, 2.05) is 0 Å². The van der Waals surface area contributed by atoms with Gasteiger partial charge in [-0.3, -0.25) is 0 Å². The minimum Gasteiger partial charge on any atom is -0.361 e. The van der Waals surface area contributed by atoms with Crippen molar-refractivity contribution in [3.05, 3.63) is 17.5 Å². The number of likely N-dealkylation sites (N-methyl/N-ethyl adjacent to an activating group) is 1. The number of hydrogen-bond donors (Lipinski definition) is 1. The van der Waals surface area contributed by atoms with Crippen LogP contribution >= 0.6 is 0 Å². The summed E-state index contributed by atoms with van der Waals surface area (Å²) >= 11 is 0. The van der Waals surface area contributed by atoms with Crippen molar-refractivity contribution in [3.63, 3.8) is 0 Å². The molecular formula is C13H23N3O. The predicted molar refractivity (Wildman–Crippen MR) is 68.0 cm³/mol. The quantitative estimate of drug-likeness (QED) is 0.787. The molecule has 1 heterocycles. The molecule has 1 atom stereocenters. The number of hydrogen-bond acceptors (Lipinski definition) is 4. The van der Waals surface area contributed by atoms with E-state index in [9.17, 15) is 0 Å². The lowest BCUT2D eigenvalue weighted by Crippen LogP contribution is -2.36. The summed E-state index contributed by atoms with van der Waals surface area (Å²) in [5, 5.41) is 7.57. The van der Waals surface area contributed by atoms with Gasteiger partial charge >= 0.3 is 0 Å². The summed E-state index contributed by atoms with van der Waals surface area (Å²) in [5.74, 6) is 1.72. The van der Waals surface area contributed by atoms with Gasteiger partial charge in [-0.25, -0.2) is 0 Å². The van der Waals surface area contributed by atoms with Crippen molar-refractivity contribution in [1.82, 2.24) is 15.4 Å². The second-order valence-electron chi connectivity index (χ2n) is 5.13. The number of aromatic nitrogens is 1. The Bertz CT molecular complexity index is 346. The summed E-state index contributed by atoms with van der Waals surface area (Å²) in [5.41, 5.74) is 1.03. The van der Waals surface area contributed by atoms with Gasteiger partial charge in [0.25, 0.3) is 0 Å². The zero-order valence-corrected chi connectivity index (χ0v) is 11.1. The molecule has 0 saturated heterocycles. The van der Waals surface area contributed by atoms with Crippen molar-refractivity contribution in [2.45, 2.75) is 45.2 Å². The van der Waals surface area contributed by atoms with Gasteiger partial charge in [-0.15, -0.1) is 0 Å². The third-order valence-electron chi connectivity index (χ3n) is 3.31. The standard InChI is InChI=1S/C13H23N3O/c1-4-16(3)9-10(2)14-8-12-7-13(17-15-12)11-5-6-11/h7,10-11,14H,4-6,8-9H2,1-3H3. The van der Waals surface area contributed by atoms with E-state index in [1.54, 1.807) is 0 Å². The van der Waals surface area contributed by atoms with E-state index in [2.05, 4.69) is 42.3 Å². The van der Waals surface area contributed by atoms with E-state index in [4.69, 9.17) is 4.52 Å². The van der Waals surface area contributed by atoms with Gasteiger partial charge < -0.3 is 14.7 Å². The minimum atomic E-state index is 0.473. The highest BCUT2D eigenvalue weighted by atomic mass is 16.5. The van der Waals surface area contributed by atoms with Crippen LogP contribution in [0, 0.1) is 0 Å². The lowest BCUT2D eigenvalue weighted by Gasteiger charge is -2.20. The second kappa shape index (κ2) is 5.65. The van der Waals surface area contributed by atoms with Crippen LogP contribution in [0.5, 0.6) is 0 Å². The Morgan fingerprint density at radius 3 is 3.00 bits per heavy atom. The number of nitrogens with zero attached hydrogens (tertiary/aromatic N) is 2. The van der Waals surface area contributed by atoms with E-state index in [0.29, 0.717) is 12.0 Å². The molecule has 1 saturated carbocycles. The summed E-state index contributed by atoms with van der Waals surface area (Å²) in [6.07, 6.45) is 2.53. The van der Waals surface area contributed by atoms with Crippen LogP contribution in [0.2, 0.25) is 0 Å². The molecule has 0 amide bonds. The topological polar surface area (TPSA) is 41.3 Å². The largest absolute Gasteiger partial charge is 0.361 e. The smallest absolute Gasteiger partial charge is 0.140 e. The van der Waals surface area contributed by atoms with Gasteiger partial charge in [-0.05, 0) is 33.4 Å². The fraction of sp³-hybridized carbons (Fsp3) is 0.769. The van der Waals surface area contributed by atoms with Crippen LogP contribution in [-0.2, 0) is 6.54 Å². The lowest BCUT2D eigenvalue weighted by molar-refractivity contribution is 0.307. The van der Waals surface area contributed by atoms with Gasteiger partial charge in [-0.1, -0.05) is 12.1 Å². The molecule has 1 aliphatic rings. The summed E-state index contributed by atoms with van der Waals surface area (Å²) in [6, 6.07) is 2.57. The molecule has 1 unspecified atom stereocenters. The third kappa shape index (κ3) is 3.82. The maximum Gasteiger partial charge on any atom is 0.140 e. The Morgan fingerprint density at radius 1 is 1.59 bits per heavy atom. The Labute approximate surface area is 103 Å². The Hall–Kier alpha value is -0.870. The summed E-state index contributed by atoms with van der Waals surface area (Å²) in [7, 11) is 2.14. The molecular weight excluding hydrogens is 214 g/mol. The molecule has 0 aliphatic heterocycles. The van der Waals surface area contributed by atoms with Gasteiger partial charge in [0.15, 0.2) is 0 Å². The normalized spacial score (nSPS) is 17.6. The van der Waals surface area contributed by atoms with Gasteiger partial charge in [-0.2, -0.15) is 0 Å². The van der Waals surface area contributed by atoms with Crippen molar-refractivity contribution in [2.24, 2.45) is 0 Å². The van der Waals surface area contributed by atoms with Crippen LogP contribution in [0.25, 0.3) is 0 Å². The molecule has 2 rings (SSSR count). The van der Waals surface area contributed by atoms with E-state index < -0.39 is 0 Å². The van der Waals surface area contributed by atoms with Gasteiger partial charge in [0.1, 0.15) is 5.76 Å². The fourth-order valence-electron chi connectivity index (χ4n) is 1.91. The molecule has 1 aromatic rings. The molecule has 17 heavy (non-hydrogen) atoms. The molecule has 0 spiro atoms. The van der Waals surface area contributed by atoms with E-state index in [1.165, 1.54) is 12.8 Å². The lowest BCUT2D eigenvalue weighted by atomic mass is 10.2. The van der Waals surface area contributed by atoms with E-state index in [-0.39, 0.29) is 0 Å². The van der Waals surface area contributed by atoms with Gasteiger partial charge in [0.05, 0.1) is 5.69 Å². The van der Waals surface area contributed by atoms with Crippen LogP contribution in [0.4, 0.5) is 0 Å². The molecule has 1 N–H and O–H groups in total. The monoisotopic (exact) mass is 237 g/mol. The Morgan fingerprint density at radius 2 is 2.35 bits per heavy atom. The highest BCUT2D eigenvalue weighted by Gasteiger charge is 2.27.